The van der Waals surface area contributed by atoms with Crippen molar-refractivity contribution in [2.24, 2.45) is 0 Å². The average molecular weight is 422 g/mol. The van der Waals surface area contributed by atoms with E-state index < -0.39 is 5.91 Å². The van der Waals surface area contributed by atoms with E-state index >= 15 is 0 Å². The molecule has 0 aromatic heterocycles. The minimum atomic E-state index is -0.443. The number of carbonyl (C=O) groups excluding carboxylic acids is 1. The minimum Gasteiger partial charge on any atom is -0.366 e. The second-order valence-electron chi connectivity index (χ2n) is 8.56. The first kappa shape index (κ1) is 21.9. The van der Waals surface area contributed by atoms with Gasteiger partial charge in [0.1, 0.15) is 11.6 Å². The lowest BCUT2D eigenvalue weighted by Gasteiger charge is -2.47. The van der Waals surface area contributed by atoms with Gasteiger partial charge in [0.25, 0.3) is 5.91 Å². The fourth-order valence-corrected chi connectivity index (χ4v) is 4.66. The van der Waals surface area contributed by atoms with E-state index in [4.69, 9.17) is 11.6 Å². The molecule has 0 fully saturated rings. The number of nitrogens with zero attached hydrogens (tertiary/aromatic N) is 2. The number of halogens is 1. The Kier molecular flexibility index (Phi) is 6.24. The monoisotopic (exact) mass is 421 g/mol. The Morgan fingerprint density at radius 3 is 2.73 bits per heavy atom. The third-order valence-electron chi connectivity index (χ3n) is 5.84. The zero-order chi connectivity index (χ0) is 22.1. The van der Waals surface area contributed by atoms with Crippen LogP contribution in [0.25, 0.3) is 6.08 Å². The highest BCUT2D eigenvalue weighted by Crippen LogP contribution is 2.44. The average Bonchev–Trinajstić information content (AvgIpc) is 2.66. The SMILES string of the molecule is CCN1c2cc(C)c(/C=C(/C#N)C(=O)Nc3cccc(Cl)c3)cc2[C@H](C)CC1(C)C. The van der Waals surface area contributed by atoms with Gasteiger partial charge in [-0.15, -0.1) is 0 Å². The number of benzene rings is 2. The second-order valence-corrected chi connectivity index (χ2v) is 9.00. The van der Waals surface area contributed by atoms with Crippen LogP contribution in [-0.4, -0.2) is 18.0 Å². The second kappa shape index (κ2) is 8.53. The van der Waals surface area contributed by atoms with E-state index in [0.29, 0.717) is 16.6 Å². The molecule has 0 saturated carbocycles. The first-order valence-corrected chi connectivity index (χ1v) is 10.6. The first-order chi connectivity index (χ1) is 14.2. The maximum Gasteiger partial charge on any atom is 0.266 e. The molecule has 1 aliphatic rings. The van der Waals surface area contributed by atoms with Crippen molar-refractivity contribution >= 4 is 35.0 Å². The van der Waals surface area contributed by atoms with Crippen molar-refractivity contribution in [2.45, 2.75) is 52.5 Å². The summed E-state index contributed by atoms with van der Waals surface area (Å²) in [6.07, 6.45) is 2.73. The first-order valence-electron chi connectivity index (χ1n) is 10.3. The van der Waals surface area contributed by atoms with Crippen LogP contribution in [0.1, 0.15) is 56.7 Å². The number of hydrogen-bond acceptors (Lipinski definition) is 3. The molecule has 0 spiro atoms. The highest BCUT2D eigenvalue weighted by atomic mass is 35.5. The largest absolute Gasteiger partial charge is 0.366 e. The summed E-state index contributed by atoms with van der Waals surface area (Å²) in [5.74, 6) is -0.0439. The van der Waals surface area contributed by atoms with Gasteiger partial charge in [0.05, 0.1) is 0 Å². The molecule has 5 heteroatoms. The molecule has 1 atom stereocenters. The van der Waals surface area contributed by atoms with Gasteiger partial charge in [0.15, 0.2) is 0 Å². The van der Waals surface area contributed by atoms with Gasteiger partial charge in [-0.3, -0.25) is 4.79 Å². The Morgan fingerprint density at radius 1 is 1.37 bits per heavy atom. The summed E-state index contributed by atoms with van der Waals surface area (Å²) < 4.78 is 0. The number of anilines is 2. The molecule has 0 aliphatic carbocycles. The van der Waals surface area contributed by atoms with E-state index in [0.717, 1.165) is 24.1 Å². The van der Waals surface area contributed by atoms with Gasteiger partial charge < -0.3 is 10.2 Å². The predicted octanol–water partition coefficient (Wildman–Crippen LogP) is 6.31. The molecule has 3 rings (SSSR count). The normalized spacial score (nSPS) is 17.8. The molecule has 0 saturated heterocycles. The van der Waals surface area contributed by atoms with Crippen LogP contribution in [0.15, 0.2) is 42.0 Å². The molecule has 0 radical (unpaired) electrons. The van der Waals surface area contributed by atoms with Crippen LogP contribution in [0.4, 0.5) is 11.4 Å². The summed E-state index contributed by atoms with van der Waals surface area (Å²) in [6.45, 7) is 12.0. The Balaban J connectivity index is 1.97. The highest BCUT2D eigenvalue weighted by Gasteiger charge is 2.35. The van der Waals surface area contributed by atoms with Crippen LogP contribution < -0.4 is 10.2 Å². The number of rotatable bonds is 4. The summed E-state index contributed by atoms with van der Waals surface area (Å²) in [5.41, 5.74) is 5.17. The van der Waals surface area contributed by atoms with Crippen LogP contribution in [0, 0.1) is 18.3 Å². The van der Waals surface area contributed by atoms with E-state index in [1.54, 1.807) is 30.3 Å². The summed E-state index contributed by atoms with van der Waals surface area (Å²) in [5, 5.41) is 12.9. The van der Waals surface area contributed by atoms with Crippen molar-refractivity contribution in [2.75, 3.05) is 16.8 Å². The number of carbonyl (C=O) groups is 1. The molecule has 1 amide bonds. The molecule has 2 aromatic rings. The Hall–Kier alpha value is -2.77. The van der Waals surface area contributed by atoms with Crippen molar-refractivity contribution in [1.29, 1.82) is 5.26 Å². The Bertz CT molecular complexity index is 1050. The van der Waals surface area contributed by atoms with Crippen molar-refractivity contribution in [3.05, 3.63) is 63.7 Å². The smallest absolute Gasteiger partial charge is 0.266 e. The molecule has 2 aromatic carbocycles. The maximum atomic E-state index is 12.7. The summed E-state index contributed by atoms with van der Waals surface area (Å²) in [4.78, 5) is 15.1. The molecule has 30 heavy (non-hydrogen) atoms. The number of nitrogens with one attached hydrogen (secondary N) is 1. The molecular weight excluding hydrogens is 394 g/mol. The van der Waals surface area contributed by atoms with Gasteiger partial charge >= 0.3 is 0 Å². The molecule has 1 aliphatic heterocycles. The van der Waals surface area contributed by atoms with E-state index in [2.05, 4.69) is 50.0 Å². The third kappa shape index (κ3) is 4.37. The summed E-state index contributed by atoms with van der Waals surface area (Å²) in [7, 11) is 0. The lowest BCUT2D eigenvalue weighted by molar-refractivity contribution is -0.112. The van der Waals surface area contributed by atoms with Crippen LogP contribution in [0.5, 0.6) is 0 Å². The molecule has 0 unspecified atom stereocenters. The number of amides is 1. The quantitative estimate of drug-likeness (QED) is 0.465. The van der Waals surface area contributed by atoms with Gasteiger partial charge in [-0.1, -0.05) is 24.6 Å². The number of aryl methyl sites for hydroxylation is 1. The Labute approximate surface area is 184 Å². The van der Waals surface area contributed by atoms with E-state index in [1.165, 1.54) is 11.3 Å². The predicted molar refractivity (Wildman–Crippen MR) is 125 cm³/mol. The van der Waals surface area contributed by atoms with Crippen LogP contribution in [0.3, 0.4) is 0 Å². The van der Waals surface area contributed by atoms with Crippen molar-refractivity contribution in [1.82, 2.24) is 0 Å². The van der Waals surface area contributed by atoms with Crippen LogP contribution in [0.2, 0.25) is 5.02 Å². The van der Waals surface area contributed by atoms with E-state index in [1.807, 2.05) is 13.0 Å². The van der Waals surface area contributed by atoms with Crippen LogP contribution in [-0.2, 0) is 4.79 Å². The standard InChI is InChI=1S/C25H28ClN3O/c1-6-29-23-10-16(2)18(12-22(23)17(3)14-25(29,4)5)11-19(15-27)24(30)28-21-9-7-8-20(26)13-21/h7-13,17H,6,14H2,1-5H3,(H,28,30)/b19-11-/t17-/m1/s1. The lowest BCUT2D eigenvalue weighted by atomic mass is 9.79. The van der Waals surface area contributed by atoms with Crippen molar-refractivity contribution < 1.29 is 4.79 Å². The highest BCUT2D eigenvalue weighted by molar-refractivity contribution is 6.31. The number of nitriles is 1. The van der Waals surface area contributed by atoms with Gasteiger partial charge in [-0.05, 0) is 93.1 Å². The zero-order valence-corrected chi connectivity index (χ0v) is 19.0. The van der Waals surface area contributed by atoms with Gasteiger partial charge in [0, 0.05) is 28.5 Å². The molecule has 1 heterocycles. The molecule has 1 N–H and O–H groups in total. The molecule has 0 bridgehead atoms. The fraction of sp³-hybridized carbons (Fsp3) is 0.360. The fourth-order valence-electron chi connectivity index (χ4n) is 4.47. The van der Waals surface area contributed by atoms with Crippen molar-refractivity contribution in [3.8, 4) is 6.07 Å². The summed E-state index contributed by atoms with van der Waals surface area (Å²) >= 11 is 5.98. The number of fused-ring (bicyclic) bond motifs is 1. The van der Waals surface area contributed by atoms with E-state index in [-0.39, 0.29) is 11.1 Å². The molecular formula is C25H28ClN3O. The van der Waals surface area contributed by atoms with Crippen molar-refractivity contribution in [3.63, 3.8) is 0 Å². The van der Waals surface area contributed by atoms with Gasteiger partial charge in [-0.2, -0.15) is 5.26 Å². The molecule has 156 valence electrons. The zero-order valence-electron chi connectivity index (χ0n) is 18.2. The summed E-state index contributed by atoms with van der Waals surface area (Å²) in [6, 6.07) is 13.2. The molecule has 4 nitrogen and oxygen atoms in total. The van der Waals surface area contributed by atoms with Crippen LogP contribution >= 0.6 is 11.6 Å². The third-order valence-corrected chi connectivity index (χ3v) is 6.07. The van der Waals surface area contributed by atoms with E-state index in [9.17, 15) is 10.1 Å². The maximum absolute atomic E-state index is 12.7. The number of hydrogen-bond donors (Lipinski definition) is 1. The lowest BCUT2D eigenvalue weighted by Crippen LogP contribution is -2.48. The minimum absolute atomic E-state index is 0.0640. The van der Waals surface area contributed by atoms with Gasteiger partial charge in [-0.25, -0.2) is 0 Å². The van der Waals surface area contributed by atoms with Gasteiger partial charge in [0.2, 0.25) is 0 Å². The Morgan fingerprint density at radius 2 is 2.10 bits per heavy atom. The topological polar surface area (TPSA) is 56.1 Å².